The predicted octanol–water partition coefficient (Wildman–Crippen LogP) is 0.133. The Kier molecular flexibility index (Phi) is 6.72. The molecule has 5 nitrogen and oxygen atoms in total. The first-order chi connectivity index (χ1) is 7.37. The summed E-state index contributed by atoms with van der Waals surface area (Å²) < 4.78 is 0. The Morgan fingerprint density at radius 1 is 1.19 bits per heavy atom. The van der Waals surface area contributed by atoms with E-state index in [1.54, 1.807) is 0 Å². The second kappa shape index (κ2) is 7.22. The zero-order valence-electron chi connectivity index (χ0n) is 10.2. The highest BCUT2D eigenvalue weighted by Gasteiger charge is 2.17. The number of carbonyl (C=O) groups excluding carboxylic acids is 2. The van der Waals surface area contributed by atoms with Crippen LogP contribution in [0.1, 0.15) is 39.5 Å². The molecule has 0 aliphatic heterocycles. The first kappa shape index (κ1) is 14.9. The zero-order chi connectivity index (χ0) is 12.6. The molecule has 5 N–H and O–H groups in total. The lowest BCUT2D eigenvalue weighted by molar-refractivity contribution is -0.122. The van der Waals surface area contributed by atoms with E-state index in [1.165, 1.54) is 0 Å². The maximum atomic E-state index is 11.4. The van der Waals surface area contributed by atoms with E-state index in [9.17, 15) is 9.59 Å². The second-order valence-electron chi connectivity index (χ2n) is 4.77. The molecule has 16 heavy (non-hydrogen) atoms. The van der Waals surface area contributed by atoms with Crippen LogP contribution in [0, 0.1) is 5.41 Å². The molecule has 0 aliphatic rings. The van der Waals surface area contributed by atoms with Crippen molar-refractivity contribution in [1.29, 1.82) is 0 Å². The fraction of sp³-hybridized carbons (Fsp3) is 0.818. The molecular formula is C11H23N3O2. The van der Waals surface area contributed by atoms with Gasteiger partial charge in [0.25, 0.3) is 0 Å². The molecule has 0 aromatic rings. The summed E-state index contributed by atoms with van der Waals surface area (Å²) in [6.45, 7) is 5.15. The number of nitrogens with two attached hydrogens (primary N) is 2. The molecule has 0 saturated carbocycles. The van der Waals surface area contributed by atoms with E-state index in [1.807, 2.05) is 0 Å². The van der Waals surface area contributed by atoms with E-state index in [4.69, 9.17) is 11.5 Å². The molecule has 94 valence electrons. The molecule has 0 aromatic heterocycles. The van der Waals surface area contributed by atoms with Crippen molar-refractivity contribution in [1.82, 2.24) is 5.32 Å². The van der Waals surface area contributed by atoms with E-state index in [0.29, 0.717) is 19.5 Å². The molecule has 0 aromatic carbocycles. The Hall–Kier alpha value is -1.10. The van der Waals surface area contributed by atoms with Crippen molar-refractivity contribution in [3.05, 3.63) is 0 Å². The van der Waals surface area contributed by atoms with Crippen molar-refractivity contribution in [3.8, 4) is 0 Å². The molecule has 0 unspecified atom stereocenters. The predicted molar refractivity (Wildman–Crippen MR) is 63.5 cm³/mol. The summed E-state index contributed by atoms with van der Waals surface area (Å²) >= 11 is 0. The van der Waals surface area contributed by atoms with E-state index in [-0.39, 0.29) is 17.7 Å². The van der Waals surface area contributed by atoms with Gasteiger partial charge in [0.15, 0.2) is 0 Å². The SMILES string of the molecule is CC(C)(CCN)CCC(=O)NCCC(N)=O. The van der Waals surface area contributed by atoms with Gasteiger partial charge in [-0.2, -0.15) is 0 Å². The third-order valence-electron chi connectivity index (χ3n) is 2.54. The molecule has 0 atom stereocenters. The lowest BCUT2D eigenvalue weighted by atomic mass is 9.84. The highest BCUT2D eigenvalue weighted by Crippen LogP contribution is 2.25. The maximum Gasteiger partial charge on any atom is 0.220 e. The molecule has 5 heteroatoms. The Labute approximate surface area is 96.9 Å². The van der Waals surface area contributed by atoms with Gasteiger partial charge in [0.2, 0.25) is 11.8 Å². The number of hydrogen-bond donors (Lipinski definition) is 3. The summed E-state index contributed by atoms with van der Waals surface area (Å²) in [5.41, 5.74) is 10.5. The molecule has 0 rings (SSSR count). The van der Waals surface area contributed by atoms with Gasteiger partial charge in [0, 0.05) is 19.4 Å². The fourth-order valence-corrected chi connectivity index (χ4v) is 1.38. The zero-order valence-corrected chi connectivity index (χ0v) is 10.2. The minimum atomic E-state index is -0.399. The van der Waals surface area contributed by atoms with Crippen molar-refractivity contribution in [3.63, 3.8) is 0 Å². The van der Waals surface area contributed by atoms with Crippen molar-refractivity contribution in [2.24, 2.45) is 16.9 Å². The van der Waals surface area contributed by atoms with E-state index < -0.39 is 5.91 Å². The molecular weight excluding hydrogens is 206 g/mol. The van der Waals surface area contributed by atoms with Crippen LogP contribution in [0.15, 0.2) is 0 Å². The topological polar surface area (TPSA) is 98.2 Å². The summed E-state index contributed by atoms with van der Waals surface area (Å²) in [6, 6.07) is 0. The number of primary amides is 1. The quantitative estimate of drug-likeness (QED) is 0.552. The summed E-state index contributed by atoms with van der Waals surface area (Å²) in [5.74, 6) is -0.435. The number of nitrogens with one attached hydrogen (secondary N) is 1. The molecule has 0 heterocycles. The summed E-state index contributed by atoms with van der Waals surface area (Å²) in [5, 5.41) is 2.66. The van der Waals surface area contributed by atoms with Crippen LogP contribution in [0.4, 0.5) is 0 Å². The summed E-state index contributed by atoms with van der Waals surface area (Å²) in [7, 11) is 0. The Bertz CT molecular complexity index is 239. The van der Waals surface area contributed by atoms with Crippen LogP contribution in [0.2, 0.25) is 0 Å². The van der Waals surface area contributed by atoms with E-state index >= 15 is 0 Å². The highest BCUT2D eigenvalue weighted by molar-refractivity contribution is 5.78. The molecule has 2 amide bonds. The molecule has 0 fully saturated rings. The lowest BCUT2D eigenvalue weighted by Gasteiger charge is -2.23. The Morgan fingerprint density at radius 2 is 1.81 bits per heavy atom. The van der Waals surface area contributed by atoms with E-state index in [0.717, 1.165) is 12.8 Å². The van der Waals surface area contributed by atoms with Crippen LogP contribution in [0.5, 0.6) is 0 Å². The average molecular weight is 229 g/mol. The third-order valence-corrected chi connectivity index (χ3v) is 2.54. The van der Waals surface area contributed by atoms with Crippen molar-refractivity contribution in [2.75, 3.05) is 13.1 Å². The van der Waals surface area contributed by atoms with Crippen molar-refractivity contribution in [2.45, 2.75) is 39.5 Å². The summed E-state index contributed by atoms with van der Waals surface area (Å²) in [4.78, 5) is 21.8. The average Bonchev–Trinajstić information content (AvgIpc) is 2.14. The Balaban J connectivity index is 3.68. The fourth-order valence-electron chi connectivity index (χ4n) is 1.38. The summed E-state index contributed by atoms with van der Waals surface area (Å²) in [6.07, 6.45) is 2.36. The van der Waals surface area contributed by atoms with Crippen LogP contribution in [-0.2, 0) is 9.59 Å². The molecule has 0 radical (unpaired) electrons. The molecule has 0 bridgehead atoms. The smallest absolute Gasteiger partial charge is 0.220 e. The van der Waals surface area contributed by atoms with Crippen molar-refractivity contribution >= 4 is 11.8 Å². The van der Waals surface area contributed by atoms with Crippen molar-refractivity contribution < 1.29 is 9.59 Å². The van der Waals surface area contributed by atoms with Gasteiger partial charge in [-0.25, -0.2) is 0 Å². The number of carbonyl (C=O) groups is 2. The van der Waals surface area contributed by atoms with Gasteiger partial charge in [0.05, 0.1) is 0 Å². The second-order valence-corrected chi connectivity index (χ2v) is 4.77. The highest BCUT2D eigenvalue weighted by atomic mass is 16.2. The first-order valence-corrected chi connectivity index (χ1v) is 5.62. The third kappa shape index (κ3) is 8.23. The van der Waals surface area contributed by atoms with Gasteiger partial charge in [-0.15, -0.1) is 0 Å². The number of hydrogen-bond acceptors (Lipinski definition) is 3. The van der Waals surface area contributed by atoms with Gasteiger partial charge >= 0.3 is 0 Å². The lowest BCUT2D eigenvalue weighted by Crippen LogP contribution is -2.29. The number of rotatable bonds is 8. The van der Waals surface area contributed by atoms with Gasteiger partial charge in [-0.3, -0.25) is 9.59 Å². The van der Waals surface area contributed by atoms with Gasteiger partial charge in [-0.1, -0.05) is 13.8 Å². The maximum absolute atomic E-state index is 11.4. The Morgan fingerprint density at radius 3 is 2.31 bits per heavy atom. The van der Waals surface area contributed by atoms with Crippen LogP contribution in [0.25, 0.3) is 0 Å². The van der Waals surface area contributed by atoms with Crippen LogP contribution >= 0.6 is 0 Å². The molecule has 0 spiro atoms. The van der Waals surface area contributed by atoms with Gasteiger partial charge in [-0.05, 0) is 24.8 Å². The van der Waals surface area contributed by atoms with Crippen LogP contribution in [-0.4, -0.2) is 24.9 Å². The first-order valence-electron chi connectivity index (χ1n) is 5.62. The van der Waals surface area contributed by atoms with Gasteiger partial charge in [0.1, 0.15) is 0 Å². The minimum Gasteiger partial charge on any atom is -0.370 e. The molecule has 0 aliphatic carbocycles. The monoisotopic (exact) mass is 229 g/mol. The van der Waals surface area contributed by atoms with Gasteiger partial charge < -0.3 is 16.8 Å². The minimum absolute atomic E-state index is 0.0358. The largest absolute Gasteiger partial charge is 0.370 e. The molecule has 0 saturated heterocycles. The standard InChI is InChI=1S/C11H23N3O2/c1-11(2,6-7-12)5-3-10(16)14-8-4-9(13)15/h3-8,12H2,1-2H3,(H2,13,15)(H,14,16). The van der Waals surface area contributed by atoms with E-state index in [2.05, 4.69) is 19.2 Å². The number of amides is 2. The normalized spacial score (nSPS) is 11.2. The van der Waals surface area contributed by atoms with Crippen LogP contribution < -0.4 is 16.8 Å². The van der Waals surface area contributed by atoms with Crippen LogP contribution in [0.3, 0.4) is 0 Å².